The summed E-state index contributed by atoms with van der Waals surface area (Å²) in [4.78, 5) is 51.0. The van der Waals surface area contributed by atoms with Gasteiger partial charge in [-0.05, 0) is 43.0 Å². The maximum absolute atomic E-state index is 12.9. The molecule has 1 aliphatic heterocycles. The molecular formula is C18H19FN2O4. The zero-order chi connectivity index (χ0) is 18.1. The fourth-order valence-electron chi connectivity index (χ4n) is 3.51. The van der Waals surface area contributed by atoms with Crippen molar-refractivity contribution in [2.75, 3.05) is 6.54 Å². The van der Waals surface area contributed by atoms with Crippen LogP contribution >= 0.6 is 0 Å². The lowest BCUT2D eigenvalue weighted by molar-refractivity contribution is -0.144. The molecule has 1 saturated carbocycles. The lowest BCUT2D eigenvalue weighted by Crippen LogP contribution is -2.46. The highest BCUT2D eigenvalue weighted by Gasteiger charge is 2.49. The van der Waals surface area contributed by atoms with Gasteiger partial charge >= 0.3 is 17.8 Å². The van der Waals surface area contributed by atoms with Gasteiger partial charge in [0.25, 0.3) is 0 Å². The molecule has 0 N–H and O–H groups in total. The number of nitrogens with zero attached hydrogens (tertiary/aromatic N) is 2. The summed E-state index contributed by atoms with van der Waals surface area (Å²) in [7, 11) is 0. The van der Waals surface area contributed by atoms with Crippen LogP contribution in [-0.4, -0.2) is 46.0 Å². The van der Waals surface area contributed by atoms with Crippen LogP contribution in [0.4, 0.5) is 9.18 Å². The van der Waals surface area contributed by atoms with E-state index in [1.165, 1.54) is 12.1 Å². The van der Waals surface area contributed by atoms with E-state index in [4.69, 9.17) is 0 Å². The first-order valence-corrected chi connectivity index (χ1v) is 8.38. The molecule has 1 aromatic carbocycles. The van der Waals surface area contributed by atoms with Gasteiger partial charge in [0.05, 0.1) is 6.54 Å². The molecule has 0 radical (unpaired) electrons. The van der Waals surface area contributed by atoms with Crippen molar-refractivity contribution in [3.8, 4) is 0 Å². The van der Waals surface area contributed by atoms with Crippen molar-refractivity contribution in [1.82, 2.24) is 9.80 Å². The lowest BCUT2D eigenvalue weighted by Gasteiger charge is -2.34. The van der Waals surface area contributed by atoms with Gasteiger partial charge in [0.15, 0.2) is 5.78 Å². The number of carbonyl (C=O) groups is 4. The molecule has 1 heterocycles. The first-order valence-electron chi connectivity index (χ1n) is 8.38. The molecule has 1 aliphatic carbocycles. The predicted molar refractivity (Wildman–Crippen MR) is 86.1 cm³/mol. The minimum atomic E-state index is -0.974. The van der Waals surface area contributed by atoms with Gasteiger partial charge in [-0.25, -0.2) is 14.1 Å². The molecule has 2 fully saturated rings. The topological polar surface area (TPSA) is 74.8 Å². The summed E-state index contributed by atoms with van der Waals surface area (Å²) < 4.78 is 12.9. The summed E-state index contributed by atoms with van der Waals surface area (Å²) in [5, 5.41) is 0. The molecule has 7 heteroatoms. The number of amides is 4. The largest absolute Gasteiger partial charge is 0.334 e. The van der Waals surface area contributed by atoms with Gasteiger partial charge in [-0.15, -0.1) is 0 Å². The fraction of sp³-hybridized carbons (Fsp3) is 0.444. The third-order valence-electron chi connectivity index (χ3n) is 4.95. The number of hydrogen-bond acceptors (Lipinski definition) is 4. The predicted octanol–water partition coefficient (Wildman–Crippen LogP) is 2.38. The number of urea groups is 1. The van der Waals surface area contributed by atoms with Crippen LogP contribution in [0.1, 0.15) is 43.0 Å². The highest BCUT2D eigenvalue weighted by atomic mass is 19.1. The summed E-state index contributed by atoms with van der Waals surface area (Å²) in [6, 6.07) is 3.79. The summed E-state index contributed by atoms with van der Waals surface area (Å²) in [5.74, 6) is -2.72. The summed E-state index contributed by atoms with van der Waals surface area (Å²) in [6.45, 7) is 1.44. The molecule has 0 aromatic heterocycles. The molecule has 6 nitrogen and oxygen atoms in total. The molecule has 0 spiro atoms. The van der Waals surface area contributed by atoms with Crippen LogP contribution < -0.4 is 0 Å². The summed E-state index contributed by atoms with van der Waals surface area (Å²) >= 11 is 0. The Hall–Kier alpha value is -2.57. The van der Waals surface area contributed by atoms with Gasteiger partial charge in [0, 0.05) is 11.6 Å². The van der Waals surface area contributed by atoms with Gasteiger partial charge in [0.1, 0.15) is 5.82 Å². The van der Waals surface area contributed by atoms with Gasteiger partial charge in [0.2, 0.25) is 0 Å². The van der Waals surface area contributed by atoms with E-state index in [-0.39, 0.29) is 17.5 Å². The van der Waals surface area contributed by atoms with E-state index in [0.29, 0.717) is 11.3 Å². The maximum atomic E-state index is 12.9. The molecular weight excluding hydrogens is 327 g/mol. The number of hydrogen-bond donors (Lipinski definition) is 0. The first-order chi connectivity index (χ1) is 11.9. The van der Waals surface area contributed by atoms with Crippen molar-refractivity contribution < 1.29 is 23.6 Å². The van der Waals surface area contributed by atoms with Crippen LogP contribution in [0.5, 0.6) is 0 Å². The molecule has 1 saturated heterocycles. The summed E-state index contributed by atoms with van der Waals surface area (Å²) in [6.07, 6.45) is 3.50. The third kappa shape index (κ3) is 3.18. The van der Waals surface area contributed by atoms with E-state index in [1.54, 1.807) is 0 Å². The quantitative estimate of drug-likeness (QED) is 0.477. The van der Waals surface area contributed by atoms with Crippen molar-refractivity contribution in [2.24, 2.45) is 5.92 Å². The molecule has 2 atom stereocenters. The van der Waals surface area contributed by atoms with E-state index < -0.39 is 36.0 Å². The molecule has 0 bridgehead atoms. The Morgan fingerprint density at radius 2 is 1.72 bits per heavy atom. The van der Waals surface area contributed by atoms with E-state index >= 15 is 0 Å². The van der Waals surface area contributed by atoms with Crippen LogP contribution in [0.2, 0.25) is 0 Å². The second-order valence-electron chi connectivity index (χ2n) is 6.61. The van der Waals surface area contributed by atoms with Crippen LogP contribution in [0, 0.1) is 11.7 Å². The average Bonchev–Trinajstić information content (AvgIpc) is 2.80. The molecule has 4 amide bonds. The summed E-state index contributed by atoms with van der Waals surface area (Å²) in [5.41, 5.74) is 0.180. The maximum Gasteiger partial charge on any atom is 0.334 e. The molecule has 0 unspecified atom stereocenters. The van der Waals surface area contributed by atoms with Gasteiger partial charge in [-0.3, -0.25) is 19.3 Å². The Bertz CT molecular complexity index is 731. The molecule has 3 rings (SSSR count). The fourth-order valence-corrected chi connectivity index (χ4v) is 3.51. The first kappa shape index (κ1) is 17.3. The Balaban J connectivity index is 1.77. The Kier molecular flexibility index (Phi) is 4.65. The second-order valence-corrected chi connectivity index (χ2v) is 6.61. The number of imide groups is 2. The highest BCUT2D eigenvalue weighted by molar-refractivity contribution is 6.45. The Morgan fingerprint density at radius 1 is 1.08 bits per heavy atom. The van der Waals surface area contributed by atoms with Crippen molar-refractivity contribution in [1.29, 1.82) is 0 Å². The van der Waals surface area contributed by atoms with Crippen LogP contribution in [-0.2, 0) is 9.59 Å². The smallest absolute Gasteiger partial charge is 0.292 e. The zero-order valence-corrected chi connectivity index (χ0v) is 13.9. The number of benzene rings is 1. The molecule has 25 heavy (non-hydrogen) atoms. The van der Waals surface area contributed by atoms with Gasteiger partial charge in [-0.1, -0.05) is 19.8 Å². The van der Waals surface area contributed by atoms with E-state index in [9.17, 15) is 23.6 Å². The monoisotopic (exact) mass is 346 g/mol. The number of carbonyl (C=O) groups excluding carboxylic acids is 4. The number of halogens is 1. The van der Waals surface area contributed by atoms with Crippen LogP contribution in [0.3, 0.4) is 0 Å². The van der Waals surface area contributed by atoms with Crippen LogP contribution in [0.25, 0.3) is 0 Å². The van der Waals surface area contributed by atoms with E-state index in [0.717, 1.165) is 36.3 Å². The van der Waals surface area contributed by atoms with Crippen molar-refractivity contribution in [2.45, 2.75) is 38.6 Å². The van der Waals surface area contributed by atoms with Crippen LogP contribution in [0.15, 0.2) is 24.3 Å². The van der Waals surface area contributed by atoms with Gasteiger partial charge in [-0.2, -0.15) is 0 Å². The second kappa shape index (κ2) is 6.74. The third-order valence-corrected chi connectivity index (χ3v) is 4.95. The molecule has 1 aromatic rings. The molecule has 132 valence electrons. The van der Waals surface area contributed by atoms with Crippen molar-refractivity contribution in [3.05, 3.63) is 35.6 Å². The van der Waals surface area contributed by atoms with Gasteiger partial charge < -0.3 is 0 Å². The average molecular weight is 346 g/mol. The standard InChI is InChI=1S/C18H19FN2O4/c1-11-4-2-3-5-14(11)21-17(24)16(23)20(18(21)25)10-15(22)12-6-8-13(19)9-7-12/h6-9,11,14H,2-5,10H2,1H3/t11-,14-/m1/s1. The Morgan fingerprint density at radius 3 is 2.36 bits per heavy atom. The van der Waals surface area contributed by atoms with Crippen molar-refractivity contribution in [3.63, 3.8) is 0 Å². The Labute approximate surface area is 144 Å². The van der Waals surface area contributed by atoms with E-state index in [2.05, 4.69) is 0 Å². The number of ketones is 1. The minimum Gasteiger partial charge on any atom is -0.292 e. The lowest BCUT2D eigenvalue weighted by atomic mass is 9.85. The normalized spacial score (nSPS) is 24.2. The minimum absolute atomic E-state index is 0.127. The number of Topliss-reactive ketones (excluding diaryl/α,β-unsaturated/α-hetero) is 1. The van der Waals surface area contributed by atoms with Crippen molar-refractivity contribution >= 4 is 23.6 Å². The highest BCUT2D eigenvalue weighted by Crippen LogP contribution is 2.31. The zero-order valence-electron chi connectivity index (χ0n) is 13.9. The van der Waals surface area contributed by atoms with E-state index in [1.807, 2.05) is 6.92 Å². The SMILES string of the molecule is C[C@@H]1CCCC[C@H]1N1C(=O)C(=O)N(CC(=O)c2ccc(F)cc2)C1=O. The molecule has 2 aliphatic rings. The number of rotatable bonds is 4.